The van der Waals surface area contributed by atoms with Gasteiger partial charge < -0.3 is 9.32 Å². The molecule has 3 aromatic rings. The number of aromatic nitrogens is 2. The first-order valence-corrected chi connectivity index (χ1v) is 9.01. The molecule has 4 rings (SSSR count). The number of amides is 1. The predicted octanol–water partition coefficient (Wildman–Crippen LogP) is 3.22. The van der Waals surface area contributed by atoms with Crippen molar-refractivity contribution in [3.8, 4) is 6.07 Å². The zero-order chi connectivity index (χ0) is 18.8. The van der Waals surface area contributed by atoms with Crippen LogP contribution in [0.15, 0.2) is 47.1 Å². The van der Waals surface area contributed by atoms with Gasteiger partial charge in [-0.05, 0) is 55.2 Å². The van der Waals surface area contributed by atoms with Crippen molar-refractivity contribution in [1.82, 2.24) is 14.7 Å². The van der Waals surface area contributed by atoms with E-state index in [1.165, 1.54) is 11.3 Å². The van der Waals surface area contributed by atoms with Gasteiger partial charge in [-0.2, -0.15) is 10.4 Å². The van der Waals surface area contributed by atoms with E-state index < -0.39 is 0 Å². The quantitative estimate of drug-likeness (QED) is 0.700. The standard InChI is InChI=1S/C21H20N4O2/c1-24-20-9-3-8-18(20)19(23-24)14-25(13-17-7-4-10-27-17)21(26)16-6-2-5-15(11-16)12-22/h2,4-7,10-11H,3,8-9,13-14H2,1H3. The summed E-state index contributed by atoms with van der Waals surface area (Å²) in [5, 5.41) is 13.8. The zero-order valence-electron chi connectivity index (χ0n) is 15.2. The maximum absolute atomic E-state index is 13.2. The van der Waals surface area contributed by atoms with Crippen LogP contribution in [-0.2, 0) is 33.0 Å². The predicted molar refractivity (Wildman–Crippen MR) is 98.7 cm³/mol. The molecule has 0 radical (unpaired) electrons. The van der Waals surface area contributed by atoms with Gasteiger partial charge in [0.25, 0.3) is 5.91 Å². The van der Waals surface area contributed by atoms with Crippen LogP contribution in [0.2, 0.25) is 0 Å². The number of benzene rings is 1. The lowest BCUT2D eigenvalue weighted by Gasteiger charge is -2.21. The molecule has 0 saturated heterocycles. The minimum atomic E-state index is -0.138. The van der Waals surface area contributed by atoms with Crippen molar-refractivity contribution < 1.29 is 9.21 Å². The summed E-state index contributed by atoms with van der Waals surface area (Å²) in [5.74, 6) is 0.577. The third-order valence-electron chi connectivity index (χ3n) is 4.99. The molecule has 2 heterocycles. The summed E-state index contributed by atoms with van der Waals surface area (Å²) < 4.78 is 7.39. The number of carbonyl (C=O) groups is 1. The van der Waals surface area contributed by atoms with Gasteiger partial charge in [0.05, 0.1) is 36.7 Å². The molecule has 6 heteroatoms. The summed E-state index contributed by atoms with van der Waals surface area (Å²) in [6, 6.07) is 12.5. The van der Waals surface area contributed by atoms with Crippen LogP contribution in [0.25, 0.3) is 0 Å². The molecule has 0 aliphatic heterocycles. The second kappa shape index (κ2) is 7.12. The SMILES string of the molecule is Cn1nc(CN(Cc2ccco2)C(=O)c2cccc(C#N)c2)c2c1CCC2. The number of nitriles is 1. The first-order valence-electron chi connectivity index (χ1n) is 9.01. The lowest BCUT2D eigenvalue weighted by Crippen LogP contribution is -2.30. The number of aryl methyl sites for hydroxylation is 1. The highest BCUT2D eigenvalue weighted by molar-refractivity contribution is 5.94. The summed E-state index contributed by atoms with van der Waals surface area (Å²) in [6.07, 6.45) is 4.78. The lowest BCUT2D eigenvalue weighted by atomic mass is 10.1. The molecule has 0 N–H and O–H groups in total. The van der Waals surface area contributed by atoms with E-state index in [0.717, 1.165) is 25.0 Å². The second-order valence-electron chi connectivity index (χ2n) is 6.78. The van der Waals surface area contributed by atoms with Crippen LogP contribution in [0, 0.1) is 11.3 Å². The molecule has 6 nitrogen and oxygen atoms in total. The van der Waals surface area contributed by atoms with Gasteiger partial charge in [-0.1, -0.05) is 6.07 Å². The number of hydrogen-bond acceptors (Lipinski definition) is 4. The minimum absolute atomic E-state index is 0.138. The number of furan rings is 1. The molecular weight excluding hydrogens is 340 g/mol. The Balaban J connectivity index is 1.66. The molecule has 0 unspecified atom stereocenters. The third-order valence-corrected chi connectivity index (χ3v) is 4.99. The monoisotopic (exact) mass is 360 g/mol. The fourth-order valence-electron chi connectivity index (χ4n) is 3.70. The number of hydrogen-bond donors (Lipinski definition) is 0. The van der Waals surface area contributed by atoms with Crippen LogP contribution in [0.4, 0.5) is 0 Å². The van der Waals surface area contributed by atoms with Crippen LogP contribution in [0.3, 0.4) is 0 Å². The van der Waals surface area contributed by atoms with Gasteiger partial charge in [-0.15, -0.1) is 0 Å². The van der Waals surface area contributed by atoms with Crippen LogP contribution in [0.1, 0.15) is 45.1 Å². The van der Waals surface area contributed by atoms with Crippen LogP contribution in [0.5, 0.6) is 0 Å². The summed E-state index contributed by atoms with van der Waals surface area (Å²) in [5.41, 5.74) is 4.44. The Morgan fingerprint density at radius 2 is 2.19 bits per heavy atom. The lowest BCUT2D eigenvalue weighted by molar-refractivity contribution is 0.0714. The van der Waals surface area contributed by atoms with Gasteiger partial charge in [-0.3, -0.25) is 9.48 Å². The molecule has 0 atom stereocenters. The second-order valence-corrected chi connectivity index (χ2v) is 6.78. The molecule has 1 aliphatic carbocycles. The molecule has 136 valence electrons. The fraction of sp³-hybridized carbons (Fsp3) is 0.286. The first kappa shape index (κ1) is 17.1. The van der Waals surface area contributed by atoms with Gasteiger partial charge in [-0.25, -0.2) is 0 Å². The number of nitrogens with zero attached hydrogens (tertiary/aromatic N) is 4. The van der Waals surface area contributed by atoms with E-state index >= 15 is 0 Å². The van der Waals surface area contributed by atoms with Crippen LogP contribution >= 0.6 is 0 Å². The van der Waals surface area contributed by atoms with E-state index in [1.807, 2.05) is 23.9 Å². The van der Waals surface area contributed by atoms with Crippen LogP contribution in [-0.4, -0.2) is 20.6 Å². The molecule has 0 saturated carbocycles. The fourth-order valence-corrected chi connectivity index (χ4v) is 3.70. The van der Waals surface area contributed by atoms with Gasteiger partial charge >= 0.3 is 0 Å². The van der Waals surface area contributed by atoms with Crippen molar-refractivity contribution >= 4 is 5.91 Å². The number of carbonyl (C=O) groups excluding carboxylic acids is 1. The number of fused-ring (bicyclic) bond motifs is 1. The van der Waals surface area contributed by atoms with E-state index in [0.29, 0.717) is 30.0 Å². The van der Waals surface area contributed by atoms with Gasteiger partial charge in [0.2, 0.25) is 0 Å². The third kappa shape index (κ3) is 3.36. The summed E-state index contributed by atoms with van der Waals surface area (Å²) >= 11 is 0. The molecule has 27 heavy (non-hydrogen) atoms. The summed E-state index contributed by atoms with van der Waals surface area (Å²) in [6.45, 7) is 0.771. The van der Waals surface area contributed by atoms with Crippen molar-refractivity contribution in [2.75, 3.05) is 0 Å². The molecule has 1 aromatic carbocycles. The van der Waals surface area contributed by atoms with Crippen molar-refractivity contribution in [2.24, 2.45) is 7.05 Å². The molecule has 0 spiro atoms. The minimum Gasteiger partial charge on any atom is -0.467 e. The van der Waals surface area contributed by atoms with Gasteiger partial charge in [0, 0.05) is 18.3 Å². The van der Waals surface area contributed by atoms with Crippen molar-refractivity contribution in [1.29, 1.82) is 5.26 Å². The van der Waals surface area contributed by atoms with Crippen LogP contribution < -0.4 is 0 Å². The van der Waals surface area contributed by atoms with E-state index in [9.17, 15) is 4.79 Å². The average Bonchev–Trinajstić information content (AvgIpc) is 3.42. The smallest absolute Gasteiger partial charge is 0.254 e. The Bertz CT molecular complexity index is 1010. The largest absolute Gasteiger partial charge is 0.467 e. The van der Waals surface area contributed by atoms with Gasteiger partial charge in [0.1, 0.15) is 5.76 Å². The first-order chi connectivity index (χ1) is 13.2. The zero-order valence-corrected chi connectivity index (χ0v) is 15.2. The molecule has 1 aliphatic rings. The van der Waals surface area contributed by atoms with Crippen molar-refractivity contribution in [3.63, 3.8) is 0 Å². The maximum Gasteiger partial charge on any atom is 0.254 e. The Hall–Kier alpha value is -3.33. The normalized spacial score (nSPS) is 12.6. The van der Waals surface area contributed by atoms with E-state index in [1.54, 1.807) is 35.4 Å². The number of rotatable bonds is 5. The topological polar surface area (TPSA) is 75.1 Å². The van der Waals surface area contributed by atoms with E-state index in [-0.39, 0.29) is 5.91 Å². The highest BCUT2D eigenvalue weighted by atomic mass is 16.3. The maximum atomic E-state index is 13.2. The molecule has 0 bridgehead atoms. The Morgan fingerprint density at radius 1 is 1.30 bits per heavy atom. The highest BCUT2D eigenvalue weighted by Gasteiger charge is 2.25. The Labute approximate surface area is 157 Å². The molecular formula is C21H20N4O2. The van der Waals surface area contributed by atoms with Crippen molar-refractivity contribution in [3.05, 3.63) is 76.5 Å². The van der Waals surface area contributed by atoms with Gasteiger partial charge in [0.15, 0.2) is 0 Å². The Kier molecular flexibility index (Phi) is 4.51. The van der Waals surface area contributed by atoms with E-state index in [2.05, 4.69) is 11.2 Å². The highest BCUT2D eigenvalue weighted by Crippen LogP contribution is 2.26. The molecule has 2 aromatic heterocycles. The van der Waals surface area contributed by atoms with Crippen molar-refractivity contribution in [2.45, 2.75) is 32.4 Å². The average molecular weight is 360 g/mol. The Morgan fingerprint density at radius 3 is 2.96 bits per heavy atom. The summed E-state index contributed by atoms with van der Waals surface area (Å²) in [4.78, 5) is 14.9. The summed E-state index contributed by atoms with van der Waals surface area (Å²) in [7, 11) is 1.96. The van der Waals surface area contributed by atoms with E-state index in [4.69, 9.17) is 9.68 Å². The molecule has 0 fully saturated rings. The molecule has 1 amide bonds.